The number of likely N-dealkylation sites (tertiary alicyclic amines) is 1. The molecule has 0 atom stereocenters. The van der Waals surface area contributed by atoms with Gasteiger partial charge in [-0.3, -0.25) is 9.59 Å². The molecule has 2 N–H and O–H groups in total. The summed E-state index contributed by atoms with van der Waals surface area (Å²) in [4.78, 5) is 27.5. The lowest BCUT2D eigenvalue weighted by Gasteiger charge is -2.30. The van der Waals surface area contributed by atoms with Crippen LogP contribution >= 0.6 is 0 Å². The molecule has 1 fully saturated rings. The highest BCUT2D eigenvalue weighted by Crippen LogP contribution is 2.29. The SMILES string of the molecule is CCCN1CCC(C(=O)Nc2ccc(OC)c(NC(=O)c3cccc(F)c3)c2)CC1. The zero-order valence-electron chi connectivity index (χ0n) is 17.4. The van der Waals surface area contributed by atoms with Crippen LogP contribution < -0.4 is 15.4 Å². The monoisotopic (exact) mass is 413 g/mol. The van der Waals surface area contributed by atoms with E-state index in [0.717, 1.165) is 38.9 Å². The van der Waals surface area contributed by atoms with Gasteiger partial charge in [-0.25, -0.2) is 4.39 Å². The molecule has 0 aromatic heterocycles. The maximum Gasteiger partial charge on any atom is 0.255 e. The van der Waals surface area contributed by atoms with Crippen LogP contribution in [0, 0.1) is 11.7 Å². The van der Waals surface area contributed by atoms with E-state index in [2.05, 4.69) is 22.5 Å². The van der Waals surface area contributed by atoms with Crippen LogP contribution in [0.5, 0.6) is 5.75 Å². The van der Waals surface area contributed by atoms with Gasteiger partial charge in [0.15, 0.2) is 0 Å². The Morgan fingerprint density at radius 3 is 2.57 bits per heavy atom. The molecule has 3 rings (SSSR count). The molecule has 1 heterocycles. The summed E-state index contributed by atoms with van der Waals surface area (Å²) in [6.45, 7) is 5.10. The van der Waals surface area contributed by atoms with Crippen molar-refractivity contribution in [2.24, 2.45) is 5.92 Å². The summed E-state index contributed by atoms with van der Waals surface area (Å²) < 4.78 is 18.7. The fraction of sp³-hybridized carbons (Fsp3) is 0.391. The van der Waals surface area contributed by atoms with E-state index in [9.17, 15) is 14.0 Å². The van der Waals surface area contributed by atoms with Crippen LogP contribution in [-0.2, 0) is 4.79 Å². The number of amides is 2. The minimum Gasteiger partial charge on any atom is -0.495 e. The highest BCUT2D eigenvalue weighted by atomic mass is 19.1. The molecule has 2 amide bonds. The highest BCUT2D eigenvalue weighted by Gasteiger charge is 2.24. The molecule has 0 aliphatic carbocycles. The van der Waals surface area contributed by atoms with Crippen molar-refractivity contribution in [1.82, 2.24) is 4.90 Å². The fourth-order valence-corrected chi connectivity index (χ4v) is 3.69. The first-order valence-electron chi connectivity index (χ1n) is 10.3. The first-order valence-corrected chi connectivity index (χ1v) is 10.3. The van der Waals surface area contributed by atoms with Gasteiger partial charge in [-0.15, -0.1) is 0 Å². The third kappa shape index (κ3) is 5.57. The molecule has 0 spiro atoms. The summed E-state index contributed by atoms with van der Waals surface area (Å²) in [6, 6.07) is 10.5. The Kier molecular flexibility index (Phi) is 7.41. The zero-order valence-corrected chi connectivity index (χ0v) is 17.4. The van der Waals surface area contributed by atoms with Crippen LogP contribution in [-0.4, -0.2) is 43.5 Å². The van der Waals surface area contributed by atoms with Gasteiger partial charge >= 0.3 is 0 Å². The van der Waals surface area contributed by atoms with Crippen LogP contribution in [0.1, 0.15) is 36.5 Å². The summed E-state index contributed by atoms with van der Waals surface area (Å²) in [5, 5.41) is 5.68. The molecule has 0 unspecified atom stereocenters. The number of hydrogen-bond donors (Lipinski definition) is 2. The fourth-order valence-electron chi connectivity index (χ4n) is 3.69. The zero-order chi connectivity index (χ0) is 21.5. The number of carbonyl (C=O) groups excluding carboxylic acids is 2. The van der Waals surface area contributed by atoms with Gasteiger partial charge in [-0.1, -0.05) is 13.0 Å². The minimum atomic E-state index is -0.486. The quantitative estimate of drug-likeness (QED) is 0.716. The van der Waals surface area contributed by atoms with Crippen LogP contribution in [0.3, 0.4) is 0 Å². The Morgan fingerprint density at radius 1 is 1.13 bits per heavy atom. The molecule has 1 aliphatic rings. The summed E-state index contributed by atoms with van der Waals surface area (Å²) in [5.74, 6) is -0.532. The van der Waals surface area contributed by atoms with E-state index in [0.29, 0.717) is 17.1 Å². The van der Waals surface area contributed by atoms with E-state index in [1.807, 2.05) is 0 Å². The Balaban J connectivity index is 1.67. The average molecular weight is 413 g/mol. The maximum absolute atomic E-state index is 13.4. The second-order valence-corrected chi connectivity index (χ2v) is 7.48. The molecular formula is C23H28FN3O3. The molecule has 1 saturated heterocycles. The van der Waals surface area contributed by atoms with Gasteiger partial charge < -0.3 is 20.3 Å². The molecule has 6 nitrogen and oxygen atoms in total. The second-order valence-electron chi connectivity index (χ2n) is 7.48. The topological polar surface area (TPSA) is 70.7 Å². The lowest BCUT2D eigenvalue weighted by atomic mass is 9.95. The van der Waals surface area contributed by atoms with Crippen LogP contribution in [0.2, 0.25) is 0 Å². The van der Waals surface area contributed by atoms with Crippen molar-refractivity contribution in [1.29, 1.82) is 0 Å². The lowest BCUT2D eigenvalue weighted by molar-refractivity contribution is -0.121. The maximum atomic E-state index is 13.4. The van der Waals surface area contributed by atoms with Crippen molar-refractivity contribution in [3.63, 3.8) is 0 Å². The number of carbonyl (C=O) groups is 2. The van der Waals surface area contributed by atoms with Crippen molar-refractivity contribution in [3.05, 3.63) is 53.8 Å². The number of hydrogen-bond acceptors (Lipinski definition) is 4. The number of anilines is 2. The molecule has 2 aromatic rings. The molecule has 30 heavy (non-hydrogen) atoms. The number of rotatable bonds is 7. The minimum absolute atomic E-state index is 0.0151. The van der Waals surface area contributed by atoms with E-state index in [-0.39, 0.29) is 17.4 Å². The first-order chi connectivity index (χ1) is 14.5. The van der Waals surface area contributed by atoms with Gasteiger partial charge in [0.2, 0.25) is 5.91 Å². The summed E-state index contributed by atoms with van der Waals surface area (Å²) in [5.41, 5.74) is 1.18. The summed E-state index contributed by atoms with van der Waals surface area (Å²) >= 11 is 0. The van der Waals surface area contributed by atoms with E-state index in [1.54, 1.807) is 18.2 Å². The van der Waals surface area contributed by atoms with E-state index in [4.69, 9.17) is 4.74 Å². The van der Waals surface area contributed by atoms with Gasteiger partial charge in [0.1, 0.15) is 11.6 Å². The summed E-state index contributed by atoms with van der Waals surface area (Å²) in [7, 11) is 1.50. The smallest absolute Gasteiger partial charge is 0.255 e. The molecule has 0 saturated carbocycles. The molecule has 160 valence electrons. The molecule has 7 heteroatoms. The van der Waals surface area contributed by atoms with Crippen molar-refractivity contribution in [2.45, 2.75) is 26.2 Å². The number of halogens is 1. The number of nitrogens with one attached hydrogen (secondary N) is 2. The summed E-state index contributed by atoms with van der Waals surface area (Å²) in [6.07, 6.45) is 2.79. The number of methoxy groups -OCH3 is 1. The molecule has 1 aliphatic heterocycles. The van der Waals surface area contributed by atoms with Crippen LogP contribution in [0.4, 0.5) is 15.8 Å². The van der Waals surface area contributed by atoms with Gasteiger partial charge in [0.05, 0.1) is 12.8 Å². The molecule has 0 radical (unpaired) electrons. The highest BCUT2D eigenvalue weighted by molar-refractivity contribution is 6.05. The van der Waals surface area contributed by atoms with Crippen molar-refractivity contribution >= 4 is 23.2 Å². The normalized spacial score (nSPS) is 14.9. The molecular weight excluding hydrogens is 385 g/mol. The number of nitrogens with zero attached hydrogens (tertiary/aromatic N) is 1. The van der Waals surface area contributed by atoms with Crippen LogP contribution in [0.15, 0.2) is 42.5 Å². The lowest BCUT2D eigenvalue weighted by Crippen LogP contribution is -2.38. The van der Waals surface area contributed by atoms with Crippen molar-refractivity contribution in [2.75, 3.05) is 37.4 Å². The van der Waals surface area contributed by atoms with E-state index in [1.165, 1.54) is 31.4 Å². The van der Waals surface area contributed by atoms with Gasteiger partial charge in [-0.2, -0.15) is 0 Å². The number of ether oxygens (including phenoxy) is 1. The largest absolute Gasteiger partial charge is 0.495 e. The van der Waals surface area contributed by atoms with Crippen molar-refractivity contribution in [3.8, 4) is 5.75 Å². The first kappa shape index (κ1) is 21.8. The second kappa shape index (κ2) is 10.2. The Bertz CT molecular complexity index is 895. The predicted octanol–water partition coefficient (Wildman–Crippen LogP) is 4.15. The molecule has 0 bridgehead atoms. The number of piperidine rings is 1. The van der Waals surface area contributed by atoms with Crippen molar-refractivity contribution < 1.29 is 18.7 Å². The third-order valence-corrected chi connectivity index (χ3v) is 5.30. The Morgan fingerprint density at radius 2 is 1.90 bits per heavy atom. The Hall–Kier alpha value is -2.93. The van der Waals surface area contributed by atoms with Gasteiger partial charge in [0, 0.05) is 17.2 Å². The Labute approximate surface area is 176 Å². The van der Waals surface area contributed by atoms with Gasteiger partial charge in [0.25, 0.3) is 5.91 Å². The van der Waals surface area contributed by atoms with E-state index < -0.39 is 11.7 Å². The van der Waals surface area contributed by atoms with Gasteiger partial charge in [-0.05, 0) is 75.3 Å². The van der Waals surface area contributed by atoms with Crippen LogP contribution in [0.25, 0.3) is 0 Å². The average Bonchev–Trinajstić information content (AvgIpc) is 2.74. The number of benzene rings is 2. The predicted molar refractivity (Wildman–Crippen MR) is 115 cm³/mol. The standard InChI is InChI=1S/C23H28FN3O3/c1-3-11-27-12-9-16(10-13-27)22(28)25-19-7-8-21(30-2)20(15-19)26-23(29)17-5-4-6-18(24)14-17/h4-8,14-16H,3,9-13H2,1-2H3,(H,25,28)(H,26,29). The third-order valence-electron chi connectivity index (χ3n) is 5.30. The molecule has 2 aromatic carbocycles. The van der Waals surface area contributed by atoms with E-state index >= 15 is 0 Å².